The van der Waals surface area contributed by atoms with E-state index in [2.05, 4.69) is 6.07 Å². The predicted octanol–water partition coefficient (Wildman–Crippen LogP) is 2.64. The number of rotatable bonds is 5. The molecule has 0 spiro atoms. The Hall–Kier alpha value is -1.60. The molecule has 0 fully saturated rings. The number of para-hydroxylation sites is 1. The first kappa shape index (κ1) is 13.5. The number of benzene rings is 1. The Bertz CT molecular complexity index is 424. The second-order valence-electron chi connectivity index (χ2n) is 4.48. The van der Waals surface area contributed by atoms with Crippen LogP contribution in [0, 0.1) is 22.6 Å². The van der Waals surface area contributed by atoms with Gasteiger partial charge < -0.3 is 9.84 Å². The van der Waals surface area contributed by atoms with Gasteiger partial charge in [-0.2, -0.15) is 5.26 Å². The van der Waals surface area contributed by atoms with Crippen LogP contribution in [-0.2, 0) is 6.61 Å². The third-order valence-corrected chi connectivity index (χ3v) is 2.49. The van der Waals surface area contributed by atoms with E-state index in [1.165, 1.54) is 12.1 Å². The van der Waals surface area contributed by atoms with Gasteiger partial charge in [0.05, 0.1) is 24.7 Å². The van der Waals surface area contributed by atoms with Crippen molar-refractivity contribution in [2.45, 2.75) is 26.9 Å². The summed E-state index contributed by atoms with van der Waals surface area (Å²) in [7, 11) is 0. The van der Waals surface area contributed by atoms with Crippen molar-refractivity contribution in [1.82, 2.24) is 0 Å². The molecule has 0 heterocycles. The van der Waals surface area contributed by atoms with Crippen molar-refractivity contribution < 1.29 is 14.2 Å². The molecule has 0 saturated heterocycles. The zero-order valence-corrected chi connectivity index (χ0v) is 10.0. The fraction of sp³-hybridized carbons (Fsp3) is 0.462. The van der Waals surface area contributed by atoms with Gasteiger partial charge in [0.25, 0.3) is 0 Å². The van der Waals surface area contributed by atoms with Crippen LogP contribution in [0.4, 0.5) is 4.39 Å². The third kappa shape index (κ3) is 3.72. The van der Waals surface area contributed by atoms with Crippen LogP contribution in [0.25, 0.3) is 0 Å². The zero-order chi connectivity index (χ0) is 12.9. The average molecular weight is 237 g/mol. The molecule has 4 heteroatoms. The van der Waals surface area contributed by atoms with Crippen LogP contribution in [0.3, 0.4) is 0 Å². The number of ether oxygens (including phenoxy) is 1. The topological polar surface area (TPSA) is 53.2 Å². The lowest BCUT2D eigenvalue weighted by Gasteiger charge is -2.16. The van der Waals surface area contributed by atoms with Crippen molar-refractivity contribution in [1.29, 1.82) is 5.26 Å². The van der Waals surface area contributed by atoms with Gasteiger partial charge in [0.2, 0.25) is 0 Å². The fourth-order valence-electron chi connectivity index (χ4n) is 1.30. The van der Waals surface area contributed by atoms with E-state index in [0.29, 0.717) is 12.0 Å². The summed E-state index contributed by atoms with van der Waals surface area (Å²) in [6, 6.07) is 6.56. The summed E-state index contributed by atoms with van der Waals surface area (Å²) in [5.41, 5.74) is -0.0790. The first-order valence-corrected chi connectivity index (χ1v) is 5.42. The van der Waals surface area contributed by atoms with Crippen LogP contribution in [0.5, 0.6) is 5.75 Å². The molecule has 0 unspecified atom stereocenters. The fourth-order valence-corrected chi connectivity index (χ4v) is 1.30. The number of halogens is 1. The minimum Gasteiger partial charge on any atom is -0.490 e. The van der Waals surface area contributed by atoms with Gasteiger partial charge >= 0.3 is 0 Å². The SMILES string of the molecule is CC(C)(C#N)CCOc1c(F)cccc1CO. The maximum absolute atomic E-state index is 13.4. The molecule has 92 valence electrons. The Balaban J connectivity index is 2.67. The van der Waals surface area contributed by atoms with Gasteiger partial charge in [-0.1, -0.05) is 12.1 Å². The smallest absolute Gasteiger partial charge is 0.165 e. The van der Waals surface area contributed by atoms with Crippen LogP contribution in [0.1, 0.15) is 25.8 Å². The summed E-state index contributed by atoms with van der Waals surface area (Å²) in [5, 5.41) is 17.9. The summed E-state index contributed by atoms with van der Waals surface area (Å²) < 4.78 is 18.7. The van der Waals surface area contributed by atoms with Crippen LogP contribution >= 0.6 is 0 Å². The monoisotopic (exact) mass is 237 g/mol. The van der Waals surface area contributed by atoms with Crippen molar-refractivity contribution in [3.63, 3.8) is 0 Å². The minimum absolute atomic E-state index is 0.0729. The standard InChI is InChI=1S/C13H16FNO2/c1-13(2,9-15)6-7-17-12-10(8-16)4-3-5-11(12)14/h3-5,16H,6-8H2,1-2H3. The molecule has 0 aliphatic carbocycles. The van der Waals surface area contributed by atoms with E-state index in [1.54, 1.807) is 19.9 Å². The van der Waals surface area contributed by atoms with E-state index in [-0.39, 0.29) is 19.0 Å². The van der Waals surface area contributed by atoms with Gasteiger partial charge in [-0.3, -0.25) is 0 Å². The molecule has 0 aliphatic heterocycles. The Morgan fingerprint density at radius 3 is 2.76 bits per heavy atom. The van der Waals surface area contributed by atoms with Crippen LogP contribution < -0.4 is 4.74 Å². The van der Waals surface area contributed by atoms with Crippen LogP contribution in [0.15, 0.2) is 18.2 Å². The van der Waals surface area contributed by atoms with E-state index in [0.717, 1.165) is 0 Å². The summed E-state index contributed by atoms with van der Waals surface area (Å²) in [4.78, 5) is 0. The van der Waals surface area contributed by atoms with Gasteiger partial charge in [0, 0.05) is 5.56 Å². The lowest BCUT2D eigenvalue weighted by Crippen LogP contribution is -2.14. The molecule has 3 nitrogen and oxygen atoms in total. The molecular formula is C13H16FNO2. The zero-order valence-electron chi connectivity index (χ0n) is 10.0. The van der Waals surface area contributed by atoms with Crippen molar-refractivity contribution in [2.75, 3.05) is 6.61 Å². The molecule has 0 amide bonds. The molecule has 1 aromatic rings. The van der Waals surface area contributed by atoms with Gasteiger partial charge in [0.15, 0.2) is 11.6 Å². The maximum Gasteiger partial charge on any atom is 0.165 e. The lowest BCUT2D eigenvalue weighted by atomic mass is 9.92. The lowest BCUT2D eigenvalue weighted by molar-refractivity contribution is 0.235. The van der Waals surface area contributed by atoms with Crippen molar-refractivity contribution >= 4 is 0 Å². The van der Waals surface area contributed by atoms with E-state index in [4.69, 9.17) is 15.1 Å². The molecule has 0 atom stereocenters. The first-order chi connectivity index (χ1) is 8.00. The molecule has 0 aliphatic rings. The Kier molecular flexibility index (Phi) is 4.47. The van der Waals surface area contributed by atoms with Crippen molar-refractivity contribution in [2.24, 2.45) is 5.41 Å². The van der Waals surface area contributed by atoms with Crippen molar-refractivity contribution in [3.05, 3.63) is 29.6 Å². The number of nitrogens with zero attached hydrogens (tertiary/aromatic N) is 1. The molecule has 1 rings (SSSR count). The summed E-state index contributed by atoms with van der Waals surface area (Å²) in [6.45, 7) is 3.57. The molecular weight excluding hydrogens is 221 g/mol. The second kappa shape index (κ2) is 5.65. The summed E-state index contributed by atoms with van der Waals surface area (Å²) in [5.74, 6) is -0.421. The number of hydrogen-bond acceptors (Lipinski definition) is 3. The highest BCUT2D eigenvalue weighted by molar-refractivity contribution is 5.34. The van der Waals surface area contributed by atoms with Gasteiger partial charge in [-0.15, -0.1) is 0 Å². The normalized spacial score (nSPS) is 11.0. The van der Waals surface area contributed by atoms with E-state index in [1.807, 2.05) is 0 Å². The molecule has 0 saturated carbocycles. The van der Waals surface area contributed by atoms with Gasteiger partial charge in [-0.25, -0.2) is 4.39 Å². The Morgan fingerprint density at radius 1 is 1.47 bits per heavy atom. The predicted molar refractivity (Wildman–Crippen MR) is 61.8 cm³/mol. The van der Waals surface area contributed by atoms with E-state index < -0.39 is 11.2 Å². The van der Waals surface area contributed by atoms with Crippen LogP contribution in [-0.4, -0.2) is 11.7 Å². The van der Waals surface area contributed by atoms with E-state index in [9.17, 15) is 4.39 Å². The third-order valence-electron chi connectivity index (χ3n) is 2.49. The first-order valence-electron chi connectivity index (χ1n) is 5.42. The average Bonchev–Trinajstić information content (AvgIpc) is 2.31. The molecule has 0 radical (unpaired) electrons. The summed E-state index contributed by atoms with van der Waals surface area (Å²) >= 11 is 0. The largest absolute Gasteiger partial charge is 0.490 e. The maximum atomic E-state index is 13.4. The second-order valence-corrected chi connectivity index (χ2v) is 4.48. The highest BCUT2D eigenvalue weighted by atomic mass is 19.1. The highest BCUT2D eigenvalue weighted by Crippen LogP contribution is 2.25. The highest BCUT2D eigenvalue weighted by Gasteiger charge is 2.17. The van der Waals surface area contributed by atoms with Crippen molar-refractivity contribution in [3.8, 4) is 11.8 Å². The number of hydrogen-bond donors (Lipinski definition) is 1. The quantitative estimate of drug-likeness (QED) is 0.856. The number of nitriles is 1. The Labute approximate surface area is 100 Å². The molecule has 0 aromatic heterocycles. The number of aliphatic hydroxyl groups excluding tert-OH is 1. The molecule has 0 bridgehead atoms. The number of aliphatic hydroxyl groups is 1. The molecule has 17 heavy (non-hydrogen) atoms. The Morgan fingerprint density at radius 2 is 2.18 bits per heavy atom. The van der Waals surface area contributed by atoms with Crippen LogP contribution in [0.2, 0.25) is 0 Å². The molecule has 1 N–H and O–H groups in total. The van der Waals surface area contributed by atoms with E-state index >= 15 is 0 Å². The van der Waals surface area contributed by atoms with Gasteiger partial charge in [0.1, 0.15) is 0 Å². The minimum atomic E-state index is -0.495. The summed E-state index contributed by atoms with van der Waals surface area (Å²) in [6.07, 6.45) is 0.503. The molecule has 1 aromatic carbocycles. The van der Waals surface area contributed by atoms with Gasteiger partial charge in [-0.05, 0) is 26.3 Å².